The number of carbonyl (C=O) groups is 1. The van der Waals surface area contributed by atoms with E-state index in [1.165, 1.54) is 28.6 Å². The van der Waals surface area contributed by atoms with Crippen LogP contribution in [0.2, 0.25) is 5.02 Å². The summed E-state index contributed by atoms with van der Waals surface area (Å²) in [5, 5.41) is 3.25. The molecule has 1 amide bonds. The van der Waals surface area contributed by atoms with E-state index in [0.29, 0.717) is 54.8 Å². The monoisotopic (exact) mass is 422 g/mol. The van der Waals surface area contributed by atoms with Crippen molar-refractivity contribution < 1.29 is 22.7 Å². The molecule has 0 unspecified atom stereocenters. The van der Waals surface area contributed by atoms with Crippen LogP contribution in [0.1, 0.15) is 12.8 Å². The molecule has 2 aliphatic heterocycles. The van der Waals surface area contributed by atoms with Gasteiger partial charge in [-0.1, -0.05) is 11.6 Å². The number of amides is 1. The predicted molar refractivity (Wildman–Crippen MR) is 104 cm³/mol. The minimum atomic E-state index is -3.79. The van der Waals surface area contributed by atoms with Crippen LogP contribution in [0.3, 0.4) is 0 Å². The van der Waals surface area contributed by atoms with Crippen LogP contribution in [0.15, 0.2) is 47.4 Å². The summed E-state index contributed by atoms with van der Waals surface area (Å²) in [4.78, 5) is 12.9. The fraction of sp³-hybridized carbons (Fsp3) is 0.316. The van der Waals surface area contributed by atoms with Crippen LogP contribution in [0.4, 0.5) is 5.69 Å². The summed E-state index contributed by atoms with van der Waals surface area (Å²) in [6, 6.07) is 10.3. The number of ether oxygens (including phenoxy) is 2. The Morgan fingerprint density at radius 2 is 1.79 bits per heavy atom. The van der Waals surface area contributed by atoms with Crippen LogP contribution in [-0.2, 0) is 14.8 Å². The van der Waals surface area contributed by atoms with E-state index >= 15 is 0 Å². The summed E-state index contributed by atoms with van der Waals surface area (Å²) in [5.74, 6) is 0.810. The summed E-state index contributed by atoms with van der Waals surface area (Å²) in [6.45, 7) is 1.22. The number of halogens is 1. The molecule has 1 atom stereocenters. The van der Waals surface area contributed by atoms with E-state index in [1.807, 2.05) is 0 Å². The molecule has 1 N–H and O–H groups in total. The van der Waals surface area contributed by atoms with Gasteiger partial charge in [0.2, 0.25) is 15.9 Å². The van der Waals surface area contributed by atoms with Gasteiger partial charge in [-0.25, -0.2) is 8.42 Å². The molecule has 0 bridgehead atoms. The third kappa shape index (κ3) is 3.67. The average molecular weight is 423 g/mol. The Labute approximate surface area is 168 Å². The molecule has 148 valence electrons. The molecule has 0 aromatic heterocycles. The van der Waals surface area contributed by atoms with E-state index in [4.69, 9.17) is 21.1 Å². The predicted octanol–water partition coefficient (Wildman–Crippen LogP) is 2.90. The molecule has 0 spiro atoms. The quantitative estimate of drug-likeness (QED) is 0.818. The molecule has 7 nitrogen and oxygen atoms in total. The zero-order chi connectivity index (χ0) is 19.7. The van der Waals surface area contributed by atoms with Crippen LogP contribution in [0, 0.1) is 0 Å². The minimum absolute atomic E-state index is 0.121. The first-order chi connectivity index (χ1) is 13.4. The number of carbonyl (C=O) groups excluding carboxylic acids is 1. The largest absolute Gasteiger partial charge is 0.486 e. The first kappa shape index (κ1) is 19.0. The van der Waals surface area contributed by atoms with E-state index in [2.05, 4.69) is 5.32 Å². The number of nitrogens with zero attached hydrogens (tertiary/aromatic N) is 1. The highest BCUT2D eigenvalue weighted by Crippen LogP contribution is 2.33. The Balaban J connectivity index is 1.53. The lowest BCUT2D eigenvalue weighted by molar-refractivity contribution is -0.119. The molecule has 0 radical (unpaired) electrons. The highest BCUT2D eigenvalue weighted by molar-refractivity contribution is 7.89. The molecule has 0 saturated carbocycles. The van der Waals surface area contributed by atoms with Gasteiger partial charge in [-0.05, 0) is 49.2 Å². The molecular weight excluding hydrogens is 404 g/mol. The second-order valence-corrected chi connectivity index (χ2v) is 8.90. The number of hydrogen-bond acceptors (Lipinski definition) is 5. The van der Waals surface area contributed by atoms with Gasteiger partial charge in [0.1, 0.15) is 19.3 Å². The van der Waals surface area contributed by atoms with Crippen LogP contribution in [-0.4, -0.2) is 44.4 Å². The molecule has 0 aliphatic carbocycles. The number of fused-ring (bicyclic) bond motifs is 1. The molecule has 2 heterocycles. The second kappa shape index (κ2) is 7.62. The molecule has 1 fully saturated rings. The van der Waals surface area contributed by atoms with E-state index in [-0.39, 0.29) is 10.8 Å². The van der Waals surface area contributed by atoms with E-state index in [9.17, 15) is 13.2 Å². The van der Waals surface area contributed by atoms with Crippen molar-refractivity contribution >= 4 is 33.2 Å². The maximum atomic E-state index is 13.0. The third-order valence-corrected chi connectivity index (χ3v) is 6.91. The lowest BCUT2D eigenvalue weighted by atomic mass is 10.2. The van der Waals surface area contributed by atoms with Crippen molar-refractivity contribution in [2.24, 2.45) is 0 Å². The average Bonchev–Trinajstić information content (AvgIpc) is 3.19. The first-order valence-corrected chi connectivity index (χ1v) is 10.7. The molecule has 4 rings (SSSR count). The van der Waals surface area contributed by atoms with Crippen molar-refractivity contribution in [2.45, 2.75) is 23.8 Å². The van der Waals surface area contributed by atoms with Gasteiger partial charge >= 0.3 is 0 Å². The molecule has 9 heteroatoms. The summed E-state index contributed by atoms with van der Waals surface area (Å²) < 4.78 is 38.2. The van der Waals surface area contributed by atoms with Gasteiger partial charge in [-0.3, -0.25) is 4.79 Å². The Morgan fingerprint density at radius 1 is 1.07 bits per heavy atom. The van der Waals surface area contributed by atoms with Gasteiger partial charge in [0.25, 0.3) is 0 Å². The first-order valence-electron chi connectivity index (χ1n) is 8.93. The zero-order valence-electron chi connectivity index (χ0n) is 14.9. The van der Waals surface area contributed by atoms with E-state index < -0.39 is 16.1 Å². The number of sulfonamides is 1. The van der Waals surface area contributed by atoms with E-state index in [0.717, 1.165) is 0 Å². The van der Waals surface area contributed by atoms with Gasteiger partial charge in [0.15, 0.2) is 11.5 Å². The maximum Gasteiger partial charge on any atom is 0.243 e. The van der Waals surface area contributed by atoms with Crippen LogP contribution in [0.5, 0.6) is 11.5 Å². The highest BCUT2D eigenvalue weighted by Gasteiger charge is 2.39. The second-order valence-electron chi connectivity index (χ2n) is 6.58. The summed E-state index contributed by atoms with van der Waals surface area (Å²) in [5.41, 5.74) is 0.532. The topological polar surface area (TPSA) is 84.9 Å². The zero-order valence-corrected chi connectivity index (χ0v) is 16.5. The smallest absolute Gasteiger partial charge is 0.243 e. The molecule has 1 saturated heterocycles. The summed E-state index contributed by atoms with van der Waals surface area (Å²) in [7, 11) is -3.79. The van der Waals surface area contributed by atoms with Crippen molar-refractivity contribution in [1.29, 1.82) is 0 Å². The van der Waals surface area contributed by atoms with Crippen molar-refractivity contribution in [3.8, 4) is 11.5 Å². The molecule has 2 aromatic rings. The van der Waals surface area contributed by atoms with Crippen molar-refractivity contribution in [3.63, 3.8) is 0 Å². The lowest BCUT2D eigenvalue weighted by Gasteiger charge is -2.24. The fourth-order valence-electron chi connectivity index (χ4n) is 3.38. The van der Waals surface area contributed by atoms with Crippen molar-refractivity contribution in [1.82, 2.24) is 4.31 Å². The molecule has 28 heavy (non-hydrogen) atoms. The van der Waals surface area contributed by atoms with Crippen molar-refractivity contribution in [3.05, 3.63) is 47.5 Å². The number of nitrogens with one attached hydrogen (secondary N) is 1. The Morgan fingerprint density at radius 3 is 2.54 bits per heavy atom. The van der Waals surface area contributed by atoms with Gasteiger partial charge in [-0.2, -0.15) is 4.31 Å². The summed E-state index contributed by atoms with van der Waals surface area (Å²) in [6.07, 6.45) is 1.08. The number of benzene rings is 2. The highest BCUT2D eigenvalue weighted by atomic mass is 35.5. The van der Waals surface area contributed by atoms with Gasteiger partial charge in [0.05, 0.1) is 4.90 Å². The lowest BCUT2D eigenvalue weighted by Crippen LogP contribution is -2.43. The Kier molecular flexibility index (Phi) is 5.18. The Bertz CT molecular complexity index is 994. The number of anilines is 1. The standard InChI is InChI=1S/C19H19ClN2O5S/c20-13-3-6-15(7-4-13)28(24,25)22-9-1-2-16(22)19(23)21-14-5-8-17-18(12-14)27-11-10-26-17/h3-8,12,16H,1-2,9-11H2,(H,21,23)/t16-/m0/s1. The van der Waals surface area contributed by atoms with Crippen LogP contribution in [0.25, 0.3) is 0 Å². The minimum Gasteiger partial charge on any atom is -0.486 e. The number of rotatable bonds is 4. The molecule has 2 aliphatic rings. The van der Waals surface area contributed by atoms with Gasteiger partial charge in [0, 0.05) is 23.3 Å². The third-order valence-electron chi connectivity index (χ3n) is 4.74. The van der Waals surface area contributed by atoms with Crippen molar-refractivity contribution in [2.75, 3.05) is 25.1 Å². The van der Waals surface area contributed by atoms with Crippen LogP contribution >= 0.6 is 11.6 Å². The molecule has 2 aromatic carbocycles. The maximum absolute atomic E-state index is 13.0. The SMILES string of the molecule is O=C(Nc1ccc2c(c1)OCCO2)[C@@H]1CCCN1S(=O)(=O)c1ccc(Cl)cc1. The fourth-order valence-corrected chi connectivity index (χ4v) is 5.16. The summed E-state index contributed by atoms with van der Waals surface area (Å²) >= 11 is 5.85. The van der Waals surface area contributed by atoms with Gasteiger partial charge < -0.3 is 14.8 Å². The normalized spacial score (nSPS) is 19.4. The number of hydrogen-bond donors (Lipinski definition) is 1. The van der Waals surface area contributed by atoms with Crippen LogP contribution < -0.4 is 14.8 Å². The molecular formula is C19H19ClN2O5S. The Hall–Kier alpha value is -2.29. The van der Waals surface area contributed by atoms with Gasteiger partial charge in [-0.15, -0.1) is 0 Å². The van der Waals surface area contributed by atoms with E-state index in [1.54, 1.807) is 18.2 Å².